The van der Waals surface area contributed by atoms with E-state index in [1.165, 1.54) is 0 Å². The quantitative estimate of drug-likeness (QED) is 0.325. The summed E-state index contributed by atoms with van der Waals surface area (Å²) >= 11 is 0. The van der Waals surface area contributed by atoms with Gasteiger partial charge in [0.15, 0.2) is 0 Å². The number of unbranched alkanes of at least 4 members (excludes halogenated alkanes) is 1. The maximum Gasteiger partial charge on any atom is 0.254 e. The Labute approximate surface area is 207 Å². The molecule has 2 aromatic heterocycles. The predicted octanol–water partition coefficient (Wildman–Crippen LogP) is 3.60. The van der Waals surface area contributed by atoms with Gasteiger partial charge < -0.3 is 20.2 Å². The number of hydrogen-bond donors (Lipinski definition) is 3. The summed E-state index contributed by atoms with van der Waals surface area (Å²) in [7, 11) is 0. The molecule has 9 nitrogen and oxygen atoms in total. The standard InChI is InChI=1S/C26H37N7O2/c1-19(2)33(20(3)4)16-6-5-11-31-25(34)21-7-9-22(10-8-21)26(35)32(17-23-27-12-13-28-23)18-24-29-14-15-30-24/h7-10,12-15,19-20H,5-6,11,16-18H2,1-4H3,(H,27,28)(H,29,30)(H,31,34). The number of nitrogens with zero attached hydrogens (tertiary/aromatic N) is 4. The molecule has 3 aromatic rings. The number of carbonyl (C=O) groups excluding carboxylic acids is 2. The van der Waals surface area contributed by atoms with Gasteiger partial charge >= 0.3 is 0 Å². The average molecular weight is 480 g/mol. The molecule has 0 aliphatic heterocycles. The maximum atomic E-state index is 13.2. The van der Waals surface area contributed by atoms with E-state index in [0.29, 0.717) is 54.5 Å². The molecule has 0 aliphatic rings. The summed E-state index contributed by atoms with van der Waals surface area (Å²) in [6.45, 7) is 11.1. The maximum absolute atomic E-state index is 13.2. The van der Waals surface area contributed by atoms with E-state index in [9.17, 15) is 9.59 Å². The lowest BCUT2D eigenvalue weighted by Gasteiger charge is -2.30. The first-order valence-electron chi connectivity index (χ1n) is 12.2. The Kier molecular flexibility index (Phi) is 9.60. The van der Waals surface area contributed by atoms with Gasteiger partial charge in [-0.1, -0.05) is 0 Å². The Morgan fingerprint density at radius 3 is 1.89 bits per heavy atom. The van der Waals surface area contributed by atoms with Crippen molar-refractivity contribution in [1.29, 1.82) is 0 Å². The first-order valence-corrected chi connectivity index (χ1v) is 12.2. The second-order valence-corrected chi connectivity index (χ2v) is 9.20. The molecule has 0 fully saturated rings. The fraction of sp³-hybridized carbons (Fsp3) is 0.462. The molecule has 2 heterocycles. The van der Waals surface area contributed by atoms with Crippen LogP contribution in [0.3, 0.4) is 0 Å². The summed E-state index contributed by atoms with van der Waals surface area (Å²) in [5.74, 6) is 1.08. The zero-order valence-electron chi connectivity index (χ0n) is 21.1. The van der Waals surface area contributed by atoms with Crippen LogP contribution >= 0.6 is 0 Å². The Hall–Kier alpha value is -3.46. The van der Waals surface area contributed by atoms with Crippen LogP contribution in [0.1, 0.15) is 72.9 Å². The molecule has 0 aliphatic carbocycles. The highest BCUT2D eigenvalue weighted by Crippen LogP contribution is 2.13. The van der Waals surface area contributed by atoms with Crippen LogP contribution in [0.25, 0.3) is 0 Å². The summed E-state index contributed by atoms with van der Waals surface area (Å²) in [5, 5.41) is 2.98. The third-order valence-electron chi connectivity index (χ3n) is 5.93. The minimum atomic E-state index is -0.162. The number of H-pyrrole nitrogens is 2. The van der Waals surface area contributed by atoms with E-state index < -0.39 is 0 Å². The highest BCUT2D eigenvalue weighted by molar-refractivity contribution is 5.97. The molecule has 1 aromatic carbocycles. The van der Waals surface area contributed by atoms with E-state index in [1.807, 2.05) is 0 Å². The van der Waals surface area contributed by atoms with E-state index in [-0.39, 0.29) is 11.8 Å². The topological polar surface area (TPSA) is 110 Å². The van der Waals surface area contributed by atoms with Gasteiger partial charge in [-0.15, -0.1) is 0 Å². The van der Waals surface area contributed by atoms with Gasteiger partial charge in [0, 0.05) is 54.5 Å². The van der Waals surface area contributed by atoms with Gasteiger partial charge in [-0.2, -0.15) is 0 Å². The molecule has 9 heteroatoms. The number of hydrogen-bond acceptors (Lipinski definition) is 5. The third kappa shape index (κ3) is 7.78. The van der Waals surface area contributed by atoms with Gasteiger partial charge in [-0.25, -0.2) is 9.97 Å². The lowest BCUT2D eigenvalue weighted by molar-refractivity contribution is 0.0721. The van der Waals surface area contributed by atoms with Crippen LogP contribution in [0.15, 0.2) is 49.1 Å². The molecule has 35 heavy (non-hydrogen) atoms. The molecule has 0 radical (unpaired) electrons. The highest BCUT2D eigenvalue weighted by atomic mass is 16.2. The molecule has 188 valence electrons. The number of benzene rings is 1. The number of rotatable bonds is 13. The van der Waals surface area contributed by atoms with E-state index >= 15 is 0 Å². The van der Waals surface area contributed by atoms with Gasteiger partial charge in [0.25, 0.3) is 11.8 Å². The number of carbonyl (C=O) groups is 2. The van der Waals surface area contributed by atoms with Crippen molar-refractivity contribution in [3.63, 3.8) is 0 Å². The van der Waals surface area contributed by atoms with Crippen molar-refractivity contribution in [2.45, 2.75) is 65.7 Å². The lowest BCUT2D eigenvalue weighted by Crippen LogP contribution is -2.38. The van der Waals surface area contributed by atoms with Gasteiger partial charge in [-0.05, 0) is 71.3 Å². The van der Waals surface area contributed by atoms with Crippen LogP contribution in [-0.4, -0.2) is 66.7 Å². The summed E-state index contributed by atoms with van der Waals surface area (Å²) in [5.41, 5.74) is 1.04. The Balaban J connectivity index is 1.53. The van der Waals surface area contributed by atoms with E-state index in [1.54, 1.807) is 54.0 Å². The number of imidazole rings is 2. The monoisotopic (exact) mass is 479 g/mol. The highest BCUT2D eigenvalue weighted by Gasteiger charge is 2.19. The van der Waals surface area contributed by atoms with Crippen LogP contribution in [0.4, 0.5) is 0 Å². The van der Waals surface area contributed by atoms with Crippen LogP contribution < -0.4 is 5.32 Å². The molecule has 0 saturated heterocycles. The zero-order chi connectivity index (χ0) is 25.2. The summed E-state index contributed by atoms with van der Waals surface area (Å²) < 4.78 is 0. The lowest BCUT2D eigenvalue weighted by atomic mass is 10.1. The smallest absolute Gasteiger partial charge is 0.254 e. The molecule has 3 rings (SSSR count). The molecule has 0 atom stereocenters. The molecule has 0 unspecified atom stereocenters. The summed E-state index contributed by atoms with van der Waals surface area (Å²) in [4.78, 5) is 44.4. The fourth-order valence-corrected chi connectivity index (χ4v) is 4.11. The molecule has 2 amide bonds. The van der Waals surface area contributed by atoms with Crippen LogP contribution in [0.5, 0.6) is 0 Å². The predicted molar refractivity (Wildman–Crippen MR) is 136 cm³/mol. The molecule has 0 saturated carbocycles. The number of nitrogens with one attached hydrogen (secondary N) is 3. The fourth-order valence-electron chi connectivity index (χ4n) is 4.11. The van der Waals surface area contributed by atoms with E-state index in [0.717, 1.165) is 19.4 Å². The second kappa shape index (κ2) is 12.9. The summed E-state index contributed by atoms with van der Waals surface area (Å²) in [6.07, 6.45) is 8.72. The molecular formula is C26H37N7O2. The number of amides is 2. The Morgan fingerprint density at radius 1 is 0.857 bits per heavy atom. The second-order valence-electron chi connectivity index (χ2n) is 9.20. The van der Waals surface area contributed by atoms with Crippen molar-refractivity contribution >= 4 is 11.8 Å². The van der Waals surface area contributed by atoms with E-state index in [4.69, 9.17) is 0 Å². The van der Waals surface area contributed by atoms with Crippen molar-refractivity contribution in [1.82, 2.24) is 35.1 Å². The molecule has 0 spiro atoms. The molecule has 0 bridgehead atoms. The SMILES string of the molecule is CC(C)N(CCCCNC(=O)c1ccc(C(=O)N(Cc2ncc[nH]2)Cc2ncc[nH]2)cc1)C(C)C. The van der Waals surface area contributed by atoms with Gasteiger partial charge in [-0.3, -0.25) is 14.5 Å². The van der Waals surface area contributed by atoms with Crippen molar-refractivity contribution in [3.8, 4) is 0 Å². The van der Waals surface area contributed by atoms with Gasteiger partial charge in [0.1, 0.15) is 11.6 Å². The number of aromatic amines is 2. The van der Waals surface area contributed by atoms with Crippen LogP contribution in [0.2, 0.25) is 0 Å². The molecule has 3 N–H and O–H groups in total. The van der Waals surface area contributed by atoms with Crippen molar-refractivity contribution in [2.75, 3.05) is 13.1 Å². The van der Waals surface area contributed by atoms with Crippen molar-refractivity contribution < 1.29 is 9.59 Å². The van der Waals surface area contributed by atoms with Crippen LogP contribution in [-0.2, 0) is 13.1 Å². The minimum Gasteiger partial charge on any atom is -0.352 e. The van der Waals surface area contributed by atoms with Crippen molar-refractivity contribution in [3.05, 3.63) is 71.8 Å². The largest absolute Gasteiger partial charge is 0.352 e. The minimum absolute atomic E-state index is 0.128. The molecular weight excluding hydrogens is 442 g/mol. The first-order chi connectivity index (χ1) is 16.8. The van der Waals surface area contributed by atoms with Gasteiger partial charge in [0.2, 0.25) is 0 Å². The summed E-state index contributed by atoms with van der Waals surface area (Å²) in [6, 6.07) is 7.80. The van der Waals surface area contributed by atoms with Crippen molar-refractivity contribution in [2.24, 2.45) is 0 Å². The van der Waals surface area contributed by atoms with Crippen LogP contribution in [0, 0.1) is 0 Å². The van der Waals surface area contributed by atoms with Gasteiger partial charge in [0.05, 0.1) is 13.1 Å². The number of aromatic nitrogens is 4. The Bertz CT molecular complexity index is 984. The normalized spacial score (nSPS) is 11.4. The van der Waals surface area contributed by atoms with E-state index in [2.05, 4.69) is 57.8 Å². The first kappa shape index (κ1) is 26.2. The third-order valence-corrected chi connectivity index (χ3v) is 5.93. The Morgan fingerprint density at radius 2 is 1.40 bits per heavy atom. The average Bonchev–Trinajstić information content (AvgIpc) is 3.54. The zero-order valence-corrected chi connectivity index (χ0v) is 21.1.